The Hall–Kier alpha value is -2.70. The lowest BCUT2D eigenvalue weighted by Crippen LogP contribution is -2.30. The molecule has 134 valence electrons. The zero-order valence-electron chi connectivity index (χ0n) is 13.8. The number of alkyl halides is 3. The van der Waals surface area contributed by atoms with Crippen LogP contribution in [-0.4, -0.2) is 18.6 Å². The molecule has 1 amide bonds. The second-order valence-corrected chi connectivity index (χ2v) is 5.23. The quantitative estimate of drug-likeness (QED) is 0.831. The van der Waals surface area contributed by atoms with E-state index in [1.165, 1.54) is 19.1 Å². The van der Waals surface area contributed by atoms with Crippen LogP contribution in [0.4, 0.5) is 18.9 Å². The van der Waals surface area contributed by atoms with E-state index in [4.69, 9.17) is 9.47 Å². The van der Waals surface area contributed by atoms with Gasteiger partial charge in [0.15, 0.2) is 6.10 Å². The summed E-state index contributed by atoms with van der Waals surface area (Å²) in [5.74, 6) is 0.583. The van der Waals surface area contributed by atoms with Crippen molar-refractivity contribution in [1.29, 1.82) is 0 Å². The molecule has 1 atom stereocenters. The smallest absolute Gasteiger partial charge is 0.416 e. The van der Waals surface area contributed by atoms with Crippen molar-refractivity contribution in [2.24, 2.45) is 0 Å². The summed E-state index contributed by atoms with van der Waals surface area (Å²) in [6.07, 6.45) is -5.35. The highest BCUT2D eigenvalue weighted by atomic mass is 19.4. The first-order valence-corrected chi connectivity index (χ1v) is 7.67. The molecule has 0 saturated heterocycles. The number of ether oxygens (including phenoxy) is 2. The lowest BCUT2D eigenvalue weighted by atomic mass is 10.2. The molecular weight excluding hydrogens is 335 g/mol. The average Bonchev–Trinajstić information content (AvgIpc) is 2.56. The van der Waals surface area contributed by atoms with Gasteiger partial charge in [-0.3, -0.25) is 4.79 Å². The molecule has 0 heterocycles. The normalized spacial score (nSPS) is 12.4. The Balaban J connectivity index is 1.98. The van der Waals surface area contributed by atoms with Crippen molar-refractivity contribution in [3.63, 3.8) is 0 Å². The Morgan fingerprint density at radius 3 is 2.36 bits per heavy atom. The molecule has 0 aromatic heterocycles. The lowest BCUT2D eigenvalue weighted by molar-refractivity contribution is -0.137. The van der Waals surface area contributed by atoms with Crippen molar-refractivity contribution in [3.05, 3.63) is 54.1 Å². The van der Waals surface area contributed by atoms with E-state index in [0.29, 0.717) is 18.1 Å². The first kappa shape index (κ1) is 18.6. The molecule has 1 N–H and O–H groups in total. The van der Waals surface area contributed by atoms with Crippen LogP contribution in [0.2, 0.25) is 0 Å². The molecule has 1 unspecified atom stereocenters. The first-order chi connectivity index (χ1) is 11.8. The number of hydrogen-bond donors (Lipinski definition) is 1. The van der Waals surface area contributed by atoms with Gasteiger partial charge in [0, 0.05) is 5.69 Å². The summed E-state index contributed by atoms with van der Waals surface area (Å²) in [4.78, 5) is 12.1. The van der Waals surface area contributed by atoms with Gasteiger partial charge < -0.3 is 14.8 Å². The molecule has 0 aliphatic heterocycles. The van der Waals surface area contributed by atoms with Crippen molar-refractivity contribution >= 4 is 11.6 Å². The zero-order chi connectivity index (χ0) is 18.4. The third kappa shape index (κ3) is 5.41. The number of carbonyl (C=O) groups excluding carboxylic acids is 1. The Morgan fingerprint density at radius 1 is 1.12 bits per heavy atom. The number of anilines is 1. The van der Waals surface area contributed by atoms with E-state index < -0.39 is 23.8 Å². The molecule has 0 saturated carbocycles. The minimum absolute atomic E-state index is 0.0574. The number of halogens is 3. The molecule has 0 radical (unpaired) electrons. The highest BCUT2D eigenvalue weighted by Crippen LogP contribution is 2.30. The van der Waals surface area contributed by atoms with Crippen molar-refractivity contribution in [1.82, 2.24) is 0 Å². The highest BCUT2D eigenvalue weighted by Gasteiger charge is 2.30. The standard InChI is InChI=1S/C18H18F3NO3/c1-3-24-15-7-9-16(10-8-15)25-12(2)17(23)22-14-6-4-5-13(11-14)18(19,20)21/h4-12H,3H2,1-2H3,(H,22,23). The Bertz CT molecular complexity index is 714. The van der Waals surface area contributed by atoms with Crippen molar-refractivity contribution < 1.29 is 27.4 Å². The van der Waals surface area contributed by atoms with E-state index in [2.05, 4.69) is 5.32 Å². The molecule has 0 bridgehead atoms. The van der Waals surface area contributed by atoms with Gasteiger partial charge in [-0.05, 0) is 56.3 Å². The monoisotopic (exact) mass is 353 g/mol. The molecule has 4 nitrogen and oxygen atoms in total. The molecule has 0 aliphatic rings. The Morgan fingerprint density at radius 2 is 1.76 bits per heavy atom. The number of hydrogen-bond acceptors (Lipinski definition) is 3. The number of benzene rings is 2. The third-order valence-corrected chi connectivity index (χ3v) is 3.27. The summed E-state index contributed by atoms with van der Waals surface area (Å²) in [6.45, 7) is 3.92. The van der Waals surface area contributed by atoms with Gasteiger partial charge in [-0.1, -0.05) is 6.07 Å². The third-order valence-electron chi connectivity index (χ3n) is 3.27. The second kappa shape index (κ2) is 7.92. The highest BCUT2D eigenvalue weighted by molar-refractivity contribution is 5.94. The molecule has 2 aromatic rings. The van der Waals surface area contributed by atoms with Crippen LogP contribution in [0.5, 0.6) is 11.5 Å². The molecule has 0 fully saturated rings. The van der Waals surface area contributed by atoms with E-state index in [0.717, 1.165) is 12.1 Å². The lowest BCUT2D eigenvalue weighted by Gasteiger charge is -2.16. The van der Waals surface area contributed by atoms with Crippen LogP contribution in [0.15, 0.2) is 48.5 Å². The minimum atomic E-state index is -4.47. The van der Waals surface area contributed by atoms with E-state index in [1.54, 1.807) is 24.3 Å². The number of amides is 1. The number of rotatable bonds is 6. The maximum atomic E-state index is 12.7. The molecule has 0 aliphatic carbocycles. The van der Waals surface area contributed by atoms with Gasteiger partial charge >= 0.3 is 6.18 Å². The second-order valence-electron chi connectivity index (χ2n) is 5.23. The zero-order valence-corrected chi connectivity index (χ0v) is 13.8. The van der Waals surface area contributed by atoms with Crippen LogP contribution in [0, 0.1) is 0 Å². The summed E-state index contributed by atoms with van der Waals surface area (Å²) in [6, 6.07) is 11.1. The summed E-state index contributed by atoms with van der Waals surface area (Å²) >= 11 is 0. The minimum Gasteiger partial charge on any atom is -0.494 e. The largest absolute Gasteiger partial charge is 0.494 e. The van der Waals surface area contributed by atoms with Crippen LogP contribution in [-0.2, 0) is 11.0 Å². The van der Waals surface area contributed by atoms with Crippen LogP contribution in [0.3, 0.4) is 0 Å². The van der Waals surface area contributed by atoms with E-state index in [-0.39, 0.29) is 5.69 Å². The molecule has 2 aromatic carbocycles. The van der Waals surface area contributed by atoms with Crippen LogP contribution in [0.1, 0.15) is 19.4 Å². The first-order valence-electron chi connectivity index (χ1n) is 7.67. The predicted molar refractivity (Wildman–Crippen MR) is 87.8 cm³/mol. The topological polar surface area (TPSA) is 47.6 Å². The molecular formula is C18H18F3NO3. The van der Waals surface area contributed by atoms with Gasteiger partial charge in [0.05, 0.1) is 12.2 Å². The maximum Gasteiger partial charge on any atom is 0.416 e. The summed E-state index contributed by atoms with van der Waals surface area (Å²) in [5.41, 5.74) is -0.771. The van der Waals surface area contributed by atoms with Gasteiger partial charge in [0.2, 0.25) is 0 Å². The Kier molecular flexibility index (Phi) is 5.90. The maximum absolute atomic E-state index is 12.7. The predicted octanol–water partition coefficient (Wildman–Crippen LogP) is 4.51. The van der Waals surface area contributed by atoms with Crippen molar-refractivity contribution in [3.8, 4) is 11.5 Å². The average molecular weight is 353 g/mol. The van der Waals surface area contributed by atoms with Crippen LogP contribution < -0.4 is 14.8 Å². The van der Waals surface area contributed by atoms with E-state index in [9.17, 15) is 18.0 Å². The fourth-order valence-electron chi connectivity index (χ4n) is 2.06. The van der Waals surface area contributed by atoms with Gasteiger partial charge in [0.1, 0.15) is 11.5 Å². The summed E-state index contributed by atoms with van der Waals surface area (Å²) in [5, 5.41) is 2.42. The van der Waals surface area contributed by atoms with Gasteiger partial charge in [0.25, 0.3) is 5.91 Å². The van der Waals surface area contributed by atoms with E-state index >= 15 is 0 Å². The van der Waals surface area contributed by atoms with Crippen LogP contribution >= 0.6 is 0 Å². The van der Waals surface area contributed by atoms with Gasteiger partial charge in [-0.15, -0.1) is 0 Å². The number of nitrogens with one attached hydrogen (secondary N) is 1. The molecule has 0 spiro atoms. The fraction of sp³-hybridized carbons (Fsp3) is 0.278. The summed E-state index contributed by atoms with van der Waals surface area (Å²) in [7, 11) is 0. The fourth-order valence-corrected chi connectivity index (χ4v) is 2.06. The Labute approximate surface area is 143 Å². The molecule has 2 rings (SSSR count). The van der Waals surface area contributed by atoms with Gasteiger partial charge in [-0.25, -0.2) is 0 Å². The van der Waals surface area contributed by atoms with Gasteiger partial charge in [-0.2, -0.15) is 13.2 Å². The molecule has 7 heteroatoms. The van der Waals surface area contributed by atoms with E-state index in [1.807, 2.05) is 6.92 Å². The van der Waals surface area contributed by atoms with Crippen molar-refractivity contribution in [2.75, 3.05) is 11.9 Å². The molecule has 25 heavy (non-hydrogen) atoms. The SMILES string of the molecule is CCOc1ccc(OC(C)C(=O)Nc2cccc(C(F)(F)F)c2)cc1. The summed E-state index contributed by atoms with van der Waals surface area (Å²) < 4.78 is 48.9. The number of carbonyl (C=O) groups is 1. The van der Waals surface area contributed by atoms with Crippen molar-refractivity contribution in [2.45, 2.75) is 26.1 Å². The van der Waals surface area contributed by atoms with Crippen LogP contribution in [0.25, 0.3) is 0 Å².